The quantitative estimate of drug-likeness (QED) is 0.710. The van der Waals surface area contributed by atoms with Gasteiger partial charge >= 0.3 is 0 Å². The molecule has 0 atom stereocenters. The number of nitrogens with one attached hydrogen (secondary N) is 1. The Balaban J connectivity index is 1.54. The summed E-state index contributed by atoms with van der Waals surface area (Å²) in [4.78, 5) is 28.6. The third-order valence-electron chi connectivity index (χ3n) is 5.11. The molecule has 140 valence electrons. The highest BCUT2D eigenvalue weighted by atomic mass is 79.9. The van der Waals surface area contributed by atoms with Gasteiger partial charge in [0.25, 0.3) is 0 Å². The van der Waals surface area contributed by atoms with Crippen LogP contribution >= 0.6 is 15.9 Å². The van der Waals surface area contributed by atoms with Gasteiger partial charge in [0.2, 0.25) is 11.5 Å². The van der Waals surface area contributed by atoms with E-state index in [1.165, 1.54) is 25.3 Å². The van der Waals surface area contributed by atoms with Gasteiger partial charge in [0.15, 0.2) is 0 Å². The van der Waals surface area contributed by atoms with Crippen LogP contribution in [0.25, 0.3) is 10.9 Å². The second-order valence-corrected chi connectivity index (χ2v) is 7.76. The van der Waals surface area contributed by atoms with Gasteiger partial charge in [-0.3, -0.25) is 9.59 Å². The summed E-state index contributed by atoms with van der Waals surface area (Å²) in [5.74, 6) is 0.915. The van der Waals surface area contributed by atoms with Crippen LogP contribution in [0.1, 0.15) is 44.9 Å². The minimum Gasteiger partial charge on any atom is -0.493 e. The van der Waals surface area contributed by atoms with Crippen LogP contribution in [0.3, 0.4) is 0 Å². The highest BCUT2D eigenvalue weighted by molar-refractivity contribution is 9.10. The number of carbonyl (C=O) groups excluding carboxylic acids is 1. The van der Waals surface area contributed by atoms with Crippen LogP contribution in [0.2, 0.25) is 0 Å². The summed E-state index contributed by atoms with van der Waals surface area (Å²) in [6, 6.07) is 7.39. The number of hydrogen-bond acceptors (Lipinski definition) is 3. The molecule has 5 nitrogen and oxygen atoms in total. The van der Waals surface area contributed by atoms with Crippen molar-refractivity contribution in [1.82, 2.24) is 9.88 Å². The second-order valence-electron chi connectivity index (χ2n) is 6.91. The van der Waals surface area contributed by atoms with Gasteiger partial charge in [0, 0.05) is 35.4 Å². The summed E-state index contributed by atoms with van der Waals surface area (Å²) < 4.78 is 6.70. The molecule has 0 bridgehead atoms. The second kappa shape index (κ2) is 8.71. The maximum Gasteiger partial charge on any atom is 0.248 e. The fourth-order valence-corrected chi connectivity index (χ4v) is 4.01. The van der Waals surface area contributed by atoms with Crippen LogP contribution in [0.5, 0.6) is 5.75 Å². The Morgan fingerprint density at radius 2 is 2.00 bits per heavy atom. The predicted octanol–water partition coefficient (Wildman–Crippen LogP) is 4.24. The number of ether oxygens (including phenoxy) is 1. The summed E-state index contributed by atoms with van der Waals surface area (Å²) in [6.45, 7) is 0.472. The van der Waals surface area contributed by atoms with E-state index in [9.17, 15) is 9.59 Å². The van der Waals surface area contributed by atoms with Crippen molar-refractivity contribution in [2.75, 3.05) is 13.7 Å². The molecule has 0 spiro atoms. The third-order valence-corrected chi connectivity index (χ3v) is 5.77. The zero-order valence-electron chi connectivity index (χ0n) is 15.1. The van der Waals surface area contributed by atoms with Crippen molar-refractivity contribution in [3.63, 3.8) is 0 Å². The number of amides is 1. The van der Waals surface area contributed by atoms with Crippen LogP contribution in [0.4, 0.5) is 0 Å². The Kier molecular flexibility index (Phi) is 6.35. The largest absolute Gasteiger partial charge is 0.493 e. The van der Waals surface area contributed by atoms with Gasteiger partial charge in [-0.1, -0.05) is 19.3 Å². The molecule has 2 aromatic rings. The van der Waals surface area contributed by atoms with Crippen molar-refractivity contribution in [2.45, 2.75) is 51.0 Å². The monoisotopic (exact) mass is 420 g/mol. The third kappa shape index (κ3) is 4.47. The Morgan fingerprint density at radius 3 is 2.77 bits per heavy atom. The molecule has 3 rings (SSSR count). The van der Waals surface area contributed by atoms with E-state index < -0.39 is 0 Å². The average Bonchev–Trinajstić information content (AvgIpc) is 2.67. The summed E-state index contributed by atoms with van der Waals surface area (Å²) >= 11 is 3.44. The number of fused-ring (bicyclic) bond motifs is 1. The Morgan fingerprint density at radius 1 is 1.23 bits per heavy atom. The number of aromatic nitrogens is 1. The fraction of sp³-hybridized carbons (Fsp3) is 0.500. The van der Waals surface area contributed by atoms with Crippen LogP contribution in [-0.2, 0) is 4.79 Å². The van der Waals surface area contributed by atoms with Crippen molar-refractivity contribution in [3.05, 3.63) is 39.1 Å². The molecule has 0 aliphatic heterocycles. The Hall–Kier alpha value is -1.82. The Labute approximate surface area is 161 Å². The molecule has 1 aromatic carbocycles. The predicted molar refractivity (Wildman–Crippen MR) is 107 cm³/mol. The van der Waals surface area contributed by atoms with Crippen molar-refractivity contribution < 1.29 is 9.53 Å². The number of benzene rings is 1. The van der Waals surface area contributed by atoms with Crippen LogP contribution in [0, 0.1) is 0 Å². The van der Waals surface area contributed by atoms with Gasteiger partial charge in [-0.05, 0) is 53.4 Å². The standard InChI is InChI=1S/C20H25BrN2O3/c1-23(14-6-3-2-4-7-14)19(25)8-5-13-26-17-11-10-16(21)20-15(17)9-12-18(24)22-20/h9-12,14H,2-8,13H2,1H3,(H,22,24). The van der Waals surface area contributed by atoms with Crippen LogP contribution in [-0.4, -0.2) is 35.5 Å². The molecule has 1 aliphatic carbocycles. The first kappa shape index (κ1) is 19.0. The van der Waals surface area contributed by atoms with Crippen molar-refractivity contribution in [1.29, 1.82) is 0 Å². The van der Waals surface area contributed by atoms with Gasteiger partial charge in [-0.2, -0.15) is 0 Å². The molecule has 1 fully saturated rings. The SMILES string of the molecule is CN(C(=O)CCCOc1ccc(Br)c2[nH]c(=O)ccc12)C1CCCCC1. The molecule has 0 unspecified atom stereocenters. The van der Waals surface area contributed by atoms with E-state index in [4.69, 9.17) is 4.74 Å². The molecule has 1 heterocycles. The van der Waals surface area contributed by atoms with Gasteiger partial charge < -0.3 is 14.6 Å². The van der Waals surface area contributed by atoms with Gasteiger partial charge in [-0.25, -0.2) is 0 Å². The molecule has 1 saturated carbocycles. The lowest BCUT2D eigenvalue weighted by atomic mass is 9.94. The molecule has 1 aliphatic rings. The minimum atomic E-state index is -0.147. The van der Waals surface area contributed by atoms with E-state index in [2.05, 4.69) is 20.9 Å². The number of hydrogen-bond donors (Lipinski definition) is 1. The van der Waals surface area contributed by atoms with E-state index in [-0.39, 0.29) is 11.5 Å². The lowest BCUT2D eigenvalue weighted by Crippen LogP contribution is -2.38. The molecule has 26 heavy (non-hydrogen) atoms. The van der Waals surface area contributed by atoms with Crippen molar-refractivity contribution in [2.24, 2.45) is 0 Å². The van der Waals surface area contributed by atoms with Gasteiger partial charge in [0.1, 0.15) is 5.75 Å². The fourth-order valence-electron chi connectivity index (χ4n) is 3.57. The topological polar surface area (TPSA) is 62.4 Å². The number of carbonyl (C=O) groups is 1. The van der Waals surface area contributed by atoms with E-state index in [0.29, 0.717) is 31.2 Å². The van der Waals surface area contributed by atoms with Crippen LogP contribution in [0.15, 0.2) is 33.5 Å². The molecule has 1 aromatic heterocycles. The zero-order chi connectivity index (χ0) is 18.5. The lowest BCUT2D eigenvalue weighted by Gasteiger charge is -2.31. The number of pyridine rings is 1. The molecular weight excluding hydrogens is 396 g/mol. The number of rotatable bonds is 6. The first-order valence-corrected chi connectivity index (χ1v) is 10.1. The normalized spacial score (nSPS) is 15.2. The lowest BCUT2D eigenvalue weighted by molar-refractivity contribution is -0.132. The van der Waals surface area contributed by atoms with E-state index in [0.717, 1.165) is 28.2 Å². The summed E-state index contributed by atoms with van der Waals surface area (Å²) in [5.41, 5.74) is 0.579. The molecule has 1 N–H and O–H groups in total. The van der Waals surface area contributed by atoms with E-state index in [1.807, 2.05) is 24.1 Å². The highest BCUT2D eigenvalue weighted by Gasteiger charge is 2.21. The molecule has 0 radical (unpaired) electrons. The van der Waals surface area contributed by atoms with Gasteiger partial charge in [-0.15, -0.1) is 0 Å². The minimum absolute atomic E-state index is 0.147. The van der Waals surface area contributed by atoms with Crippen molar-refractivity contribution >= 4 is 32.7 Å². The maximum atomic E-state index is 12.4. The summed E-state index contributed by atoms with van der Waals surface area (Å²) in [5, 5.41) is 0.852. The first-order chi connectivity index (χ1) is 12.6. The average molecular weight is 421 g/mol. The highest BCUT2D eigenvalue weighted by Crippen LogP contribution is 2.29. The number of aromatic amines is 1. The summed E-state index contributed by atoms with van der Waals surface area (Å²) in [6.07, 6.45) is 7.17. The molecule has 6 heteroatoms. The summed E-state index contributed by atoms with van der Waals surface area (Å²) in [7, 11) is 1.93. The smallest absolute Gasteiger partial charge is 0.248 e. The maximum absolute atomic E-state index is 12.4. The van der Waals surface area contributed by atoms with Crippen LogP contribution < -0.4 is 10.3 Å². The Bertz CT molecular complexity index is 827. The number of H-pyrrole nitrogens is 1. The van der Waals surface area contributed by atoms with E-state index >= 15 is 0 Å². The number of halogens is 1. The molecule has 1 amide bonds. The molecular formula is C20H25BrN2O3. The first-order valence-electron chi connectivity index (χ1n) is 9.26. The number of nitrogens with zero attached hydrogens (tertiary/aromatic N) is 1. The van der Waals surface area contributed by atoms with Gasteiger partial charge in [0.05, 0.1) is 12.1 Å². The zero-order valence-corrected chi connectivity index (χ0v) is 16.7. The molecule has 0 saturated heterocycles. The van der Waals surface area contributed by atoms with Crippen molar-refractivity contribution in [3.8, 4) is 5.75 Å². The van der Waals surface area contributed by atoms with E-state index in [1.54, 1.807) is 6.07 Å².